The summed E-state index contributed by atoms with van der Waals surface area (Å²) in [6.07, 6.45) is 4.31. The predicted molar refractivity (Wildman–Crippen MR) is 208 cm³/mol. The highest BCUT2D eigenvalue weighted by molar-refractivity contribution is 6.05. The van der Waals surface area contributed by atoms with Gasteiger partial charge in [0.2, 0.25) is 11.8 Å². The summed E-state index contributed by atoms with van der Waals surface area (Å²) in [6.45, 7) is 6.84. The Labute approximate surface area is 316 Å². The van der Waals surface area contributed by atoms with Crippen LogP contribution in [0.5, 0.6) is 11.5 Å². The molecule has 0 spiro atoms. The summed E-state index contributed by atoms with van der Waals surface area (Å²) in [6, 6.07) is 28.7. The zero-order valence-electron chi connectivity index (χ0n) is 30.7. The van der Waals surface area contributed by atoms with E-state index in [4.69, 9.17) is 4.74 Å². The fourth-order valence-corrected chi connectivity index (χ4v) is 7.88. The van der Waals surface area contributed by atoms with Gasteiger partial charge in [0.15, 0.2) is 5.82 Å². The van der Waals surface area contributed by atoms with Crippen molar-refractivity contribution >= 4 is 34.6 Å². The number of benzene rings is 4. The van der Waals surface area contributed by atoms with E-state index in [1.807, 2.05) is 35.2 Å². The Balaban J connectivity index is 0.865. The number of hydrogen-bond donors (Lipinski definition) is 2. The highest BCUT2D eigenvalue weighted by atomic mass is 19.1. The Morgan fingerprint density at radius 3 is 2.22 bits per heavy atom. The van der Waals surface area contributed by atoms with Crippen LogP contribution in [0.4, 0.5) is 10.1 Å². The molecule has 3 heterocycles. The molecule has 54 heavy (non-hydrogen) atoms. The molecule has 0 aromatic heterocycles. The van der Waals surface area contributed by atoms with Crippen molar-refractivity contribution in [2.45, 2.75) is 58.0 Å². The van der Waals surface area contributed by atoms with Crippen LogP contribution < -0.4 is 15.0 Å². The third kappa shape index (κ3) is 8.04. The molecule has 2 saturated heterocycles. The number of unbranched alkanes of at least 4 members (excludes halogenated alkanes) is 2. The molecule has 0 aliphatic carbocycles. The number of piperazine rings is 1. The molecule has 1 atom stereocenters. The van der Waals surface area contributed by atoms with Gasteiger partial charge in [-0.1, -0.05) is 61.5 Å². The number of imide groups is 1. The number of anilines is 1. The number of amides is 3. The molecule has 10 heteroatoms. The molecule has 3 amide bonds. The van der Waals surface area contributed by atoms with Gasteiger partial charge in [-0.2, -0.15) is 0 Å². The second kappa shape index (κ2) is 16.7. The van der Waals surface area contributed by atoms with Gasteiger partial charge >= 0.3 is 0 Å². The lowest BCUT2D eigenvalue weighted by Gasteiger charge is -2.36. The largest absolute Gasteiger partial charge is 0.508 e. The van der Waals surface area contributed by atoms with Crippen LogP contribution in [0.3, 0.4) is 0 Å². The van der Waals surface area contributed by atoms with Crippen molar-refractivity contribution in [1.82, 2.24) is 15.1 Å². The number of carbonyl (C=O) groups is 3. The average molecular weight is 731 g/mol. The number of hydrogen-bond acceptors (Lipinski definition) is 7. The third-order valence-electron chi connectivity index (χ3n) is 10.8. The fraction of sp³-hybridized carbons (Fsp3) is 0.341. The highest BCUT2D eigenvalue weighted by Gasteiger charge is 2.41. The lowest BCUT2D eigenvalue weighted by molar-refractivity contribution is -0.136. The third-order valence-corrected chi connectivity index (χ3v) is 10.8. The van der Waals surface area contributed by atoms with Crippen LogP contribution in [0, 0.1) is 5.82 Å². The summed E-state index contributed by atoms with van der Waals surface area (Å²) in [4.78, 5) is 42.9. The molecule has 280 valence electrons. The number of rotatable bonds is 13. The Morgan fingerprint density at radius 1 is 0.833 bits per heavy atom. The second-order valence-electron chi connectivity index (χ2n) is 14.2. The van der Waals surface area contributed by atoms with E-state index in [1.54, 1.807) is 24.3 Å². The van der Waals surface area contributed by atoms with Gasteiger partial charge in [0.25, 0.3) is 5.91 Å². The number of fused-ring (bicyclic) bond motifs is 1. The number of ether oxygens (including phenoxy) is 1. The first-order chi connectivity index (χ1) is 26.3. The number of phenolic OH excluding ortho intramolecular Hbond substituents is 1. The highest BCUT2D eigenvalue weighted by Crippen LogP contribution is 2.36. The topological polar surface area (TPSA) is 102 Å². The zero-order valence-corrected chi connectivity index (χ0v) is 30.7. The molecule has 4 aromatic rings. The minimum atomic E-state index is -0.763. The molecule has 0 radical (unpaired) electrons. The second-order valence-corrected chi connectivity index (χ2v) is 14.2. The monoisotopic (exact) mass is 730 g/mol. The van der Waals surface area contributed by atoms with Crippen molar-refractivity contribution in [2.24, 2.45) is 0 Å². The van der Waals surface area contributed by atoms with Crippen LogP contribution in [-0.2, 0) is 16.1 Å². The standard InChI is InChI=1S/C44H47FN4O5/c1-2-35(30-9-5-3-6-10-30)41(31-11-15-33(50)16-12-31)32-13-17-34(18-14-32)54-28-8-4-7-23-47-24-26-48(27-25-47)38-20-19-36-37(42(38)45)29-49(44(36)53)39-21-22-40(51)46-43(39)52/h3,5-6,9-20,39,50H,2,4,7-8,21-29H2,1H3,(H,46,51,52)/b41-35-. The minimum Gasteiger partial charge on any atom is -0.508 e. The van der Waals surface area contributed by atoms with E-state index < -0.39 is 17.8 Å². The Hall–Kier alpha value is -5.48. The summed E-state index contributed by atoms with van der Waals surface area (Å²) in [7, 11) is 0. The first-order valence-corrected chi connectivity index (χ1v) is 19.0. The van der Waals surface area contributed by atoms with Gasteiger partial charge in [-0.25, -0.2) is 4.39 Å². The van der Waals surface area contributed by atoms with Crippen LogP contribution in [0.1, 0.15) is 78.1 Å². The van der Waals surface area contributed by atoms with Crippen molar-refractivity contribution < 1.29 is 28.6 Å². The molecular weight excluding hydrogens is 684 g/mol. The molecule has 3 aliphatic rings. The molecule has 4 aromatic carbocycles. The molecule has 9 nitrogen and oxygen atoms in total. The molecule has 2 N–H and O–H groups in total. The number of carbonyl (C=O) groups excluding carboxylic acids is 3. The van der Waals surface area contributed by atoms with E-state index in [-0.39, 0.29) is 37.0 Å². The van der Waals surface area contributed by atoms with Crippen molar-refractivity contribution in [1.29, 1.82) is 0 Å². The molecule has 0 saturated carbocycles. The Kier molecular flexibility index (Phi) is 11.4. The average Bonchev–Trinajstić information content (AvgIpc) is 3.53. The van der Waals surface area contributed by atoms with Gasteiger partial charge in [0.1, 0.15) is 17.5 Å². The van der Waals surface area contributed by atoms with E-state index in [2.05, 4.69) is 53.5 Å². The first-order valence-electron chi connectivity index (χ1n) is 19.0. The van der Waals surface area contributed by atoms with E-state index in [0.29, 0.717) is 36.5 Å². The fourth-order valence-electron chi connectivity index (χ4n) is 7.88. The molecular formula is C44H47FN4O5. The maximum atomic E-state index is 15.8. The van der Waals surface area contributed by atoms with Crippen molar-refractivity contribution in [2.75, 3.05) is 44.2 Å². The summed E-state index contributed by atoms with van der Waals surface area (Å²) in [5.74, 6) is -0.525. The molecule has 7 rings (SSSR count). The maximum Gasteiger partial charge on any atom is 0.255 e. The molecule has 3 aliphatic heterocycles. The maximum absolute atomic E-state index is 15.8. The van der Waals surface area contributed by atoms with Crippen LogP contribution >= 0.6 is 0 Å². The number of allylic oxidation sites excluding steroid dienone is 1. The number of nitrogens with zero attached hydrogens (tertiary/aromatic N) is 3. The van der Waals surface area contributed by atoms with E-state index in [0.717, 1.165) is 67.8 Å². The minimum absolute atomic E-state index is 0.0307. The number of aromatic hydroxyl groups is 1. The summed E-state index contributed by atoms with van der Waals surface area (Å²) >= 11 is 0. The summed E-state index contributed by atoms with van der Waals surface area (Å²) < 4.78 is 21.9. The van der Waals surface area contributed by atoms with Gasteiger partial charge in [0, 0.05) is 43.7 Å². The van der Waals surface area contributed by atoms with Crippen LogP contribution in [0.2, 0.25) is 0 Å². The lowest BCUT2D eigenvalue weighted by atomic mass is 9.88. The van der Waals surface area contributed by atoms with Crippen molar-refractivity contribution in [3.05, 3.63) is 125 Å². The number of halogens is 1. The molecule has 2 fully saturated rings. The van der Waals surface area contributed by atoms with Gasteiger partial charge in [-0.05, 0) is 103 Å². The SMILES string of the molecule is CC/C(=C(\c1ccc(O)cc1)c1ccc(OCCCCCN2CCN(c3ccc4c(c3F)CN(C3CCC(=O)NC3=O)C4=O)CC2)cc1)c1ccccc1. The van der Waals surface area contributed by atoms with Gasteiger partial charge in [-0.15, -0.1) is 0 Å². The van der Waals surface area contributed by atoms with E-state index in [1.165, 1.54) is 16.0 Å². The summed E-state index contributed by atoms with van der Waals surface area (Å²) in [5, 5.41) is 12.2. The van der Waals surface area contributed by atoms with Crippen molar-refractivity contribution in [3.8, 4) is 11.5 Å². The Bertz CT molecular complexity index is 2010. The first kappa shape index (κ1) is 36.9. The van der Waals surface area contributed by atoms with Gasteiger partial charge in [-0.3, -0.25) is 24.6 Å². The van der Waals surface area contributed by atoms with Crippen molar-refractivity contribution in [3.63, 3.8) is 0 Å². The quantitative estimate of drug-likeness (QED) is 0.0866. The predicted octanol–water partition coefficient (Wildman–Crippen LogP) is 7.03. The van der Waals surface area contributed by atoms with Crippen LogP contribution in [-0.4, -0.2) is 78.0 Å². The smallest absolute Gasteiger partial charge is 0.255 e. The molecule has 1 unspecified atom stereocenters. The Morgan fingerprint density at radius 2 is 1.54 bits per heavy atom. The summed E-state index contributed by atoms with van der Waals surface area (Å²) in [5.41, 5.74) is 6.82. The normalized spacial score (nSPS) is 18.0. The van der Waals surface area contributed by atoms with Crippen LogP contribution in [0.15, 0.2) is 91.0 Å². The zero-order chi connectivity index (χ0) is 37.6. The number of phenols is 1. The van der Waals surface area contributed by atoms with E-state index in [9.17, 15) is 19.5 Å². The van der Waals surface area contributed by atoms with Gasteiger partial charge < -0.3 is 19.6 Å². The van der Waals surface area contributed by atoms with Gasteiger partial charge in [0.05, 0.1) is 18.8 Å². The lowest BCUT2D eigenvalue weighted by Crippen LogP contribution is -2.52. The number of nitrogens with one attached hydrogen (secondary N) is 1. The number of piperidine rings is 1. The van der Waals surface area contributed by atoms with E-state index >= 15 is 4.39 Å². The van der Waals surface area contributed by atoms with Crippen LogP contribution in [0.25, 0.3) is 11.1 Å². The molecule has 0 bridgehead atoms.